The number of carbonyl (C=O) groups excluding carboxylic acids is 1. The molecule has 0 radical (unpaired) electrons. The van der Waals surface area contributed by atoms with E-state index in [0.717, 1.165) is 18.3 Å². The maximum Gasteiger partial charge on any atom is 0.302 e. The van der Waals surface area contributed by atoms with Gasteiger partial charge in [0.15, 0.2) is 0 Å². The van der Waals surface area contributed by atoms with E-state index in [1.165, 1.54) is 26.2 Å². The lowest BCUT2D eigenvalue weighted by Gasteiger charge is -2.32. The minimum absolute atomic E-state index is 0.0671. The normalized spacial score (nSPS) is 37.7. The molecule has 2 bridgehead atoms. The van der Waals surface area contributed by atoms with Crippen LogP contribution in [0.2, 0.25) is 0 Å². The summed E-state index contributed by atoms with van der Waals surface area (Å²) in [7, 11) is 0. The highest BCUT2D eigenvalue weighted by Crippen LogP contribution is 2.54. The third-order valence-corrected chi connectivity index (χ3v) is 4.29. The fourth-order valence-corrected chi connectivity index (χ4v) is 3.36. The maximum atomic E-state index is 10.8. The summed E-state index contributed by atoms with van der Waals surface area (Å²) in [4.78, 5) is 10.8. The second-order valence-electron chi connectivity index (χ2n) is 5.80. The molecule has 1 fully saturated rings. The molecule has 0 heterocycles. The molecule has 1 saturated carbocycles. The Morgan fingerprint density at radius 1 is 1.56 bits per heavy atom. The second kappa shape index (κ2) is 4.23. The van der Waals surface area contributed by atoms with Crippen molar-refractivity contribution in [1.82, 2.24) is 0 Å². The molecule has 0 N–H and O–H groups in total. The van der Waals surface area contributed by atoms with Gasteiger partial charge in [0.25, 0.3) is 0 Å². The quantitative estimate of drug-likeness (QED) is 0.539. The first-order chi connectivity index (χ1) is 7.49. The third-order valence-electron chi connectivity index (χ3n) is 4.29. The van der Waals surface area contributed by atoms with Gasteiger partial charge in [0, 0.05) is 6.92 Å². The SMILES string of the molecule is CC(=O)O[C@@H](C)CC[C@]1(C)C[C@@H]2C=C[C@H]1C2. The number of rotatable bonds is 4. The Morgan fingerprint density at radius 2 is 2.31 bits per heavy atom. The molecule has 4 atom stereocenters. The zero-order chi connectivity index (χ0) is 11.8. The van der Waals surface area contributed by atoms with Crippen molar-refractivity contribution in [3.63, 3.8) is 0 Å². The molecule has 0 aromatic carbocycles. The first-order valence-corrected chi connectivity index (χ1v) is 6.35. The molecular formula is C14H22O2. The predicted molar refractivity (Wildman–Crippen MR) is 63.9 cm³/mol. The van der Waals surface area contributed by atoms with E-state index in [1.54, 1.807) is 0 Å². The molecule has 0 saturated heterocycles. The van der Waals surface area contributed by atoms with Crippen LogP contribution in [0.3, 0.4) is 0 Å². The summed E-state index contributed by atoms with van der Waals surface area (Å²) in [6, 6.07) is 0. The van der Waals surface area contributed by atoms with Gasteiger partial charge in [-0.1, -0.05) is 19.1 Å². The fraction of sp³-hybridized carbons (Fsp3) is 0.786. The Hall–Kier alpha value is -0.790. The average molecular weight is 222 g/mol. The minimum Gasteiger partial charge on any atom is -0.463 e. The number of carbonyl (C=O) groups is 1. The number of hydrogen-bond acceptors (Lipinski definition) is 2. The van der Waals surface area contributed by atoms with E-state index in [9.17, 15) is 4.79 Å². The van der Waals surface area contributed by atoms with Crippen LogP contribution in [0.5, 0.6) is 0 Å². The van der Waals surface area contributed by atoms with Crippen molar-refractivity contribution in [2.24, 2.45) is 17.3 Å². The van der Waals surface area contributed by atoms with Gasteiger partial charge in [-0.15, -0.1) is 0 Å². The van der Waals surface area contributed by atoms with Gasteiger partial charge in [0.05, 0.1) is 6.10 Å². The summed E-state index contributed by atoms with van der Waals surface area (Å²) in [5, 5.41) is 0. The predicted octanol–water partition coefficient (Wildman–Crippen LogP) is 3.32. The smallest absolute Gasteiger partial charge is 0.302 e. The molecule has 2 heteroatoms. The molecular weight excluding hydrogens is 200 g/mol. The van der Waals surface area contributed by atoms with Gasteiger partial charge in [-0.25, -0.2) is 0 Å². The summed E-state index contributed by atoms with van der Waals surface area (Å²) in [6.07, 6.45) is 9.67. The van der Waals surface area contributed by atoms with Crippen LogP contribution in [0, 0.1) is 17.3 Å². The van der Waals surface area contributed by atoms with Gasteiger partial charge in [0.1, 0.15) is 0 Å². The Labute approximate surface area is 98.1 Å². The number of fused-ring (bicyclic) bond motifs is 2. The molecule has 2 aliphatic carbocycles. The van der Waals surface area contributed by atoms with Gasteiger partial charge < -0.3 is 4.74 Å². The van der Waals surface area contributed by atoms with Crippen molar-refractivity contribution in [1.29, 1.82) is 0 Å². The Bertz CT molecular complexity index is 308. The van der Waals surface area contributed by atoms with Crippen molar-refractivity contribution in [3.05, 3.63) is 12.2 Å². The number of hydrogen-bond donors (Lipinski definition) is 0. The molecule has 0 aromatic rings. The topological polar surface area (TPSA) is 26.3 Å². The highest BCUT2D eigenvalue weighted by molar-refractivity contribution is 5.66. The largest absolute Gasteiger partial charge is 0.463 e. The monoisotopic (exact) mass is 222 g/mol. The van der Waals surface area contributed by atoms with E-state index >= 15 is 0 Å². The Kier molecular flexibility index (Phi) is 3.09. The second-order valence-corrected chi connectivity index (χ2v) is 5.80. The van der Waals surface area contributed by atoms with Crippen LogP contribution in [-0.4, -0.2) is 12.1 Å². The van der Waals surface area contributed by atoms with E-state index in [-0.39, 0.29) is 12.1 Å². The summed E-state index contributed by atoms with van der Waals surface area (Å²) >= 11 is 0. The summed E-state index contributed by atoms with van der Waals surface area (Å²) in [5.74, 6) is 1.42. The first kappa shape index (κ1) is 11.7. The molecule has 90 valence electrons. The van der Waals surface area contributed by atoms with Gasteiger partial charge in [-0.2, -0.15) is 0 Å². The highest BCUT2D eigenvalue weighted by atomic mass is 16.5. The van der Waals surface area contributed by atoms with Crippen LogP contribution < -0.4 is 0 Å². The molecule has 0 amide bonds. The van der Waals surface area contributed by atoms with E-state index in [2.05, 4.69) is 19.1 Å². The minimum atomic E-state index is -0.162. The Balaban J connectivity index is 1.82. The molecule has 2 nitrogen and oxygen atoms in total. The lowest BCUT2D eigenvalue weighted by Crippen LogP contribution is -2.24. The van der Waals surface area contributed by atoms with Gasteiger partial charge in [-0.05, 0) is 49.9 Å². The van der Waals surface area contributed by atoms with Crippen molar-refractivity contribution in [2.75, 3.05) is 0 Å². The van der Waals surface area contributed by atoms with Crippen LogP contribution in [0.4, 0.5) is 0 Å². The number of esters is 1. The standard InChI is InChI=1S/C14H22O2/c1-10(16-11(2)15)6-7-14(3)9-12-4-5-13(14)8-12/h4-5,10,12-13H,6-9H2,1-3H3/t10-,12+,13-,14+/m0/s1. The van der Waals surface area contributed by atoms with E-state index < -0.39 is 0 Å². The zero-order valence-corrected chi connectivity index (χ0v) is 10.5. The van der Waals surface area contributed by atoms with Crippen LogP contribution in [-0.2, 0) is 9.53 Å². The molecule has 0 unspecified atom stereocenters. The molecule has 16 heavy (non-hydrogen) atoms. The number of allylic oxidation sites excluding steroid dienone is 2. The summed E-state index contributed by atoms with van der Waals surface area (Å²) in [6.45, 7) is 5.87. The van der Waals surface area contributed by atoms with E-state index in [1.807, 2.05) is 6.92 Å². The zero-order valence-electron chi connectivity index (χ0n) is 10.5. The molecule has 2 rings (SSSR count). The third kappa shape index (κ3) is 2.31. The van der Waals surface area contributed by atoms with Crippen LogP contribution in [0.15, 0.2) is 12.2 Å². The maximum absolute atomic E-state index is 10.8. The number of ether oxygens (including phenoxy) is 1. The average Bonchev–Trinajstić information content (AvgIpc) is 2.73. The van der Waals surface area contributed by atoms with Crippen LogP contribution >= 0.6 is 0 Å². The van der Waals surface area contributed by atoms with Gasteiger partial charge >= 0.3 is 5.97 Å². The van der Waals surface area contributed by atoms with Crippen molar-refractivity contribution >= 4 is 5.97 Å². The fourth-order valence-electron chi connectivity index (χ4n) is 3.36. The van der Waals surface area contributed by atoms with Crippen molar-refractivity contribution in [3.8, 4) is 0 Å². The molecule has 0 aromatic heterocycles. The summed E-state index contributed by atoms with van der Waals surface area (Å²) < 4.78 is 5.18. The first-order valence-electron chi connectivity index (χ1n) is 6.35. The van der Waals surface area contributed by atoms with Crippen LogP contribution in [0.1, 0.15) is 46.5 Å². The lowest BCUT2D eigenvalue weighted by molar-refractivity contribution is -0.146. The highest BCUT2D eigenvalue weighted by Gasteiger charge is 2.44. The van der Waals surface area contributed by atoms with Crippen molar-refractivity contribution < 1.29 is 9.53 Å². The van der Waals surface area contributed by atoms with Gasteiger partial charge in [0.2, 0.25) is 0 Å². The molecule has 0 spiro atoms. The Morgan fingerprint density at radius 3 is 2.81 bits per heavy atom. The molecule has 2 aliphatic rings. The molecule has 0 aliphatic heterocycles. The lowest BCUT2D eigenvalue weighted by atomic mass is 9.74. The summed E-state index contributed by atoms with van der Waals surface area (Å²) in [5.41, 5.74) is 0.452. The van der Waals surface area contributed by atoms with Crippen molar-refractivity contribution in [2.45, 2.75) is 52.6 Å². The van der Waals surface area contributed by atoms with E-state index in [0.29, 0.717) is 5.41 Å². The van der Waals surface area contributed by atoms with E-state index in [4.69, 9.17) is 4.74 Å². The van der Waals surface area contributed by atoms with Crippen LogP contribution in [0.25, 0.3) is 0 Å². The van der Waals surface area contributed by atoms with Gasteiger partial charge in [-0.3, -0.25) is 4.79 Å².